The lowest BCUT2D eigenvalue weighted by Gasteiger charge is -2.04. The van der Waals surface area contributed by atoms with Crippen molar-refractivity contribution in [1.82, 2.24) is 14.7 Å². The fourth-order valence-electron chi connectivity index (χ4n) is 2.50. The molecule has 6 nitrogen and oxygen atoms in total. The lowest BCUT2D eigenvalue weighted by atomic mass is 10.1. The Labute approximate surface area is 130 Å². The molecule has 0 aliphatic carbocycles. The Balaban J connectivity index is 2.05. The van der Waals surface area contributed by atoms with Crippen LogP contribution in [0.5, 0.6) is 0 Å². The summed E-state index contributed by atoms with van der Waals surface area (Å²) in [6, 6.07) is 0. The fourth-order valence-corrected chi connectivity index (χ4v) is 3.48. The summed E-state index contributed by atoms with van der Waals surface area (Å²) in [7, 11) is 0. The van der Waals surface area contributed by atoms with Crippen LogP contribution in [0.25, 0.3) is 10.2 Å². The highest BCUT2D eigenvalue weighted by atomic mass is 32.1. The summed E-state index contributed by atoms with van der Waals surface area (Å²) in [4.78, 5) is 31.1. The SMILES string of the molecule is Cc1noc(C)c1C(=O)Cn1cnc2sc(C)c(C)c2c1=O. The monoisotopic (exact) mass is 317 g/mol. The average Bonchev–Trinajstić information content (AvgIpc) is 2.94. The number of ketones is 1. The molecule has 0 unspecified atom stereocenters. The lowest BCUT2D eigenvalue weighted by molar-refractivity contribution is 0.0968. The van der Waals surface area contributed by atoms with Gasteiger partial charge in [-0.15, -0.1) is 11.3 Å². The highest BCUT2D eigenvalue weighted by Gasteiger charge is 2.19. The molecule has 0 aliphatic rings. The van der Waals surface area contributed by atoms with E-state index in [0.717, 1.165) is 10.4 Å². The molecule has 0 fully saturated rings. The summed E-state index contributed by atoms with van der Waals surface area (Å²) in [5, 5.41) is 4.37. The number of hydrogen-bond donors (Lipinski definition) is 0. The van der Waals surface area contributed by atoms with Gasteiger partial charge in [-0.25, -0.2) is 4.98 Å². The van der Waals surface area contributed by atoms with Crippen molar-refractivity contribution in [3.63, 3.8) is 0 Å². The summed E-state index contributed by atoms with van der Waals surface area (Å²) < 4.78 is 6.35. The molecule has 0 spiro atoms. The lowest BCUT2D eigenvalue weighted by Crippen LogP contribution is -2.25. The number of aryl methyl sites for hydroxylation is 4. The Bertz CT molecular complexity index is 929. The summed E-state index contributed by atoms with van der Waals surface area (Å²) in [5.74, 6) is 0.260. The molecule has 0 aromatic carbocycles. The van der Waals surface area contributed by atoms with Crippen LogP contribution in [0.4, 0.5) is 0 Å². The van der Waals surface area contributed by atoms with Crippen LogP contribution in [-0.2, 0) is 6.54 Å². The van der Waals surface area contributed by atoms with E-state index in [2.05, 4.69) is 10.1 Å². The zero-order valence-corrected chi connectivity index (χ0v) is 13.6. The van der Waals surface area contributed by atoms with Gasteiger partial charge in [0.25, 0.3) is 5.56 Å². The van der Waals surface area contributed by atoms with Gasteiger partial charge in [0.2, 0.25) is 0 Å². The van der Waals surface area contributed by atoms with E-state index >= 15 is 0 Å². The number of Topliss-reactive ketones (excluding diaryl/α,β-unsaturated/α-hetero) is 1. The average molecular weight is 317 g/mol. The predicted octanol–water partition coefficient (Wildman–Crippen LogP) is 2.56. The largest absolute Gasteiger partial charge is 0.361 e. The van der Waals surface area contributed by atoms with Crippen molar-refractivity contribution in [3.8, 4) is 0 Å². The number of thiophene rings is 1. The zero-order valence-electron chi connectivity index (χ0n) is 12.8. The molecule has 0 bridgehead atoms. The van der Waals surface area contributed by atoms with Gasteiger partial charge in [-0.2, -0.15) is 0 Å². The molecule has 3 aromatic rings. The quantitative estimate of drug-likeness (QED) is 0.694. The van der Waals surface area contributed by atoms with Crippen LogP contribution in [0.3, 0.4) is 0 Å². The van der Waals surface area contributed by atoms with E-state index < -0.39 is 0 Å². The summed E-state index contributed by atoms with van der Waals surface area (Å²) in [6.07, 6.45) is 1.43. The van der Waals surface area contributed by atoms with Crippen LogP contribution >= 0.6 is 11.3 Å². The van der Waals surface area contributed by atoms with Gasteiger partial charge in [0.05, 0.1) is 29.5 Å². The van der Waals surface area contributed by atoms with Crippen molar-refractivity contribution in [2.75, 3.05) is 0 Å². The number of fused-ring (bicyclic) bond motifs is 1. The molecule has 0 N–H and O–H groups in total. The molecule has 0 atom stereocenters. The van der Waals surface area contributed by atoms with Crippen LogP contribution in [0.2, 0.25) is 0 Å². The molecule has 114 valence electrons. The Morgan fingerprint density at radius 1 is 1.32 bits per heavy atom. The van der Waals surface area contributed by atoms with E-state index in [1.165, 1.54) is 22.2 Å². The second-order valence-corrected chi connectivity index (χ2v) is 6.47. The van der Waals surface area contributed by atoms with Crippen LogP contribution < -0.4 is 5.56 Å². The summed E-state index contributed by atoms with van der Waals surface area (Å²) in [6.45, 7) is 7.18. The Morgan fingerprint density at radius 2 is 2.05 bits per heavy atom. The number of nitrogens with zero attached hydrogens (tertiary/aromatic N) is 3. The maximum absolute atomic E-state index is 12.6. The topological polar surface area (TPSA) is 78.0 Å². The van der Waals surface area contributed by atoms with Gasteiger partial charge in [0.15, 0.2) is 5.78 Å². The molecule has 0 saturated carbocycles. The molecule has 3 rings (SSSR count). The van der Waals surface area contributed by atoms with Crippen molar-refractivity contribution in [2.24, 2.45) is 0 Å². The van der Waals surface area contributed by atoms with E-state index in [-0.39, 0.29) is 17.9 Å². The third kappa shape index (κ3) is 2.18. The molecule has 3 heterocycles. The minimum absolute atomic E-state index is 0.0704. The maximum Gasteiger partial charge on any atom is 0.262 e. The second-order valence-electron chi connectivity index (χ2n) is 5.26. The van der Waals surface area contributed by atoms with Crippen molar-refractivity contribution in [3.05, 3.63) is 44.1 Å². The number of aromatic nitrogens is 3. The van der Waals surface area contributed by atoms with Crippen LogP contribution in [0.15, 0.2) is 15.6 Å². The maximum atomic E-state index is 12.6. The van der Waals surface area contributed by atoms with E-state index in [4.69, 9.17) is 4.52 Å². The van der Waals surface area contributed by atoms with Gasteiger partial charge in [0, 0.05) is 4.88 Å². The first-order valence-electron chi connectivity index (χ1n) is 6.81. The van der Waals surface area contributed by atoms with Gasteiger partial charge in [0.1, 0.15) is 10.6 Å². The predicted molar refractivity (Wildman–Crippen MR) is 83.7 cm³/mol. The Kier molecular flexibility index (Phi) is 3.44. The van der Waals surface area contributed by atoms with Gasteiger partial charge < -0.3 is 4.52 Å². The van der Waals surface area contributed by atoms with Gasteiger partial charge in [-0.05, 0) is 33.3 Å². The molecule has 22 heavy (non-hydrogen) atoms. The van der Waals surface area contributed by atoms with E-state index in [1.54, 1.807) is 13.8 Å². The smallest absolute Gasteiger partial charge is 0.262 e. The molecule has 7 heteroatoms. The first-order chi connectivity index (χ1) is 10.4. The molecule has 3 aromatic heterocycles. The van der Waals surface area contributed by atoms with Gasteiger partial charge in [-0.3, -0.25) is 14.2 Å². The Hall–Kier alpha value is -2.28. The second kappa shape index (κ2) is 5.17. The van der Waals surface area contributed by atoms with Crippen LogP contribution in [-0.4, -0.2) is 20.5 Å². The van der Waals surface area contributed by atoms with Crippen molar-refractivity contribution in [1.29, 1.82) is 0 Å². The number of rotatable bonds is 3. The highest BCUT2D eigenvalue weighted by Crippen LogP contribution is 2.25. The Morgan fingerprint density at radius 3 is 2.68 bits per heavy atom. The number of hydrogen-bond acceptors (Lipinski definition) is 6. The number of carbonyl (C=O) groups excluding carboxylic acids is 1. The highest BCUT2D eigenvalue weighted by molar-refractivity contribution is 7.18. The minimum Gasteiger partial charge on any atom is -0.361 e. The first kappa shape index (κ1) is 14.6. The molecule has 0 amide bonds. The van der Waals surface area contributed by atoms with E-state index in [1.807, 2.05) is 13.8 Å². The van der Waals surface area contributed by atoms with E-state index in [0.29, 0.717) is 27.2 Å². The van der Waals surface area contributed by atoms with Crippen LogP contribution in [0, 0.1) is 27.7 Å². The normalized spacial score (nSPS) is 11.3. The standard InChI is InChI=1S/C15H15N3O3S/c1-7-10(4)22-14-12(7)15(20)18(6-16-14)5-11(19)13-8(2)17-21-9(13)3/h6H,5H2,1-4H3. The third-order valence-electron chi connectivity index (χ3n) is 3.78. The fraction of sp³-hybridized carbons (Fsp3) is 0.333. The van der Waals surface area contributed by atoms with Crippen molar-refractivity contribution >= 4 is 27.3 Å². The number of carbonyl (C=O) groups is 1. The first-order valence-corrected chi connectivity index (χ1v) is 7.63. The van der Waals surface area contributed by atoms with Gasteiger partial charge >= 0.3 is 0 Å². The van der Waals surface area contributed by atoms with E-state index in [9.17, 15) is 9.59 Å². The molecule has 0 radical (unpaired) electrons. The summed E-state index contributed by atoms with van der Waals surface area (Å²) >= 11 is 1.49. The molecular weight excluding hydrogens is 302 g/mol. The zero-order chi connectivity index (χ0) is 16.0. The van der Waals surface area contributed by atoms with Crippen molar-refractivity contribution < 1.29 is 9.32 Å². The molecule has 0 saturated heterocycles. The third-order valence-corrected chi connectivity index (χ3v) is 4.90. The van der Waals surface area contributed by atoms with Crippen molar-refractivity contribution in [2.45, 2.75) is 34.2 Å². The molecule has 0 aliphatic heterocycles. The van der Waals surface area contributed by atoms with Gasteiger partial charge in [-0.1, -0.05) is 5.16 Å². The molecular formula is C15H15N3O3S. The van der Waals surface area contributed by atoms with Crippen LogP contribution in [0.1, 0.15) is 32.3 Å². The summed E-state index contributed by atoms with van der Waals surface area (Å²) in [5.41, 5.74) is 1.71. The minimum atomic E-state index is -0.205.